The quantitative estimate of drug-likeness (QED) is 0.809. The number of aliphatic hydroxyl groups is 2. The van der Waals surface area contributed by atoms with Crippen LogP contribution in [0.3, 0.4) is 0 Å². The standard InChI is InChI=1S/C13H24N2O3S/c1-4-6-7-8-10(16)11(17)9-12(18-8)19-13(14-9)15(3)5-2/h8-12,16-17H,4-7H2,1-3H3/t8-,9-,10-,11-,12-/m1/s1. The second kappa shape index (κ2) is 6.43. The first-order chi connectivity index (χ1) is 9.08. The van der Waals surface area contributed by atoms with Gasteiger partial charge in [0.2, 0.25) is 0 Å². The third-order valence-electron chi connectivity index (χ3n) is 3.79. The largest absolute Gasteiger partial charge is 0.388 e. The maximum Gasteiger partial charge on any atom is 0.162 e. The molecule has 0 amide bonds. The molecule has 2 aliphatic rings. The van der Waals surface area contributed by atoms with Crippen LogP contribution in [0.5, 0.6) is 0 Å². The van der Waals surface area contributed by atoms with Crippen molar-refractivity contribution < 1.29 is 14.9 Å². The molecule has 0 aromatic heterocycles. The summed E-state index contributed by atoms with van der Waals surface area (Å²) in [6.45, 7) is 5.03. The molecule has 5 atom stereocenters. The molecular weight excluding hydrogens is 264 g/mol. The highest BCUT2D eigenvalue weighted by Gasteiger charge is 2.48. The molecule has 2 heterocycles. The maximum absolute atomic E-state index is 10.2. The van der Waals surface area contributed by atoms with Crippen LogP contribution in [0.2, 0.25) is 0 Å². The van der Waals surface area contributed by atoms with E-state index in [0.29, 0.717) is 0 Å². The van der Waals surface area contributed by atoms with Gasteiger partial charge in [-0.2, -0.15) is 0 Å². The van der Waals surface area contributed by atoms with E-state index >= 15 is 0 Å². The van der Waals surface area contributed by atoms with Crippen LogP contribution in [0.15, 0.2) is 4.99 Å². The number of fused-ring (bicyclic) bond motifs is 1. The monoisotopic (exact) mass is 288 g/mol. The fourth-order valence-electron chi connectivity index (χ4n) is 2.38. The van der Waals surface area contributed by atoms with E-state index in [2.05, 4.69) is 18.8 Å². The number of ether oxygens (including phenoxy) is 1. The van der Waals surface area contributed by atoms with Crippen LogP contribution in [-0.4, -0.2) is 63.7 Å². The number of rotatable bonds is 4. The Balaban J connectivity index is 2.04. The zero-order valence-corrected chi connectivity index (χ0v) is 12.6. The normalized spacial score (nSPS) is 37.9. The van der Waals surface area contributed by atoms with E-state index < -0.39 is 12.2 Å². The SMILES string of the molecule is CCCC[C@H]1O[C@@H]2SC(N(C)CC)=N[C@@H]2[C@@H](O)[C@@H]1O. The van der Waals surface area contributed by atoms with Gasteiger partial charge in [-0.1, -0.05) is 31.5 Å². The van der Waals surface area contributed by atoms with Gasteiger partial charge in [-0.25, -0.2) is 0 Å². The second-order valence-electron chi connectivity index (χ2n) is 5.20. The number of amidine groups is 1. The fraction of sp³-hybridized carbons (Fsp3) is 0.923. The highest BCUT2D eigenvalue weighted by molar-refractivity contribution is 8.14. The second-order valence-corrected chi connectivity index (χ2v) is 6.27. The summed E-state index contributed by atoms with van der Waals surface area (Å²) >= 11 is 1.55. The van der Waals surface area contributed by atoms with Gasteiger partial charge in [0.25, 0.3) is 0 Å². The molecule has 2 rings (SSSR count). The van der Waals surface area contributed by atoms with Gasteiger partial charge in [-0.3, -0.25) is 4.99 Å². The van der Waals surface area contributed by atoms with E-state index in [-0.39, 0.29) is 17.6 Å². The zero-order valence-electron chi connectivity index (χ0n) is 11.8. The summed E-state index contributed by atoms with van der Waals surface area (Å²) in [6, 6.07) is -0.345. The van der Waals surface area contributed by atoms with Gasteiger partial charge < -0.3 is 19.8 Å². The smallest absolute Gasteiger partial charge is 0.162 e. The predicted octanol–water partition coefficient (Wildman–Crippen LogP) is 1.05. The van der Waals surface area contributed by atoms with E-state index in [1.165, 1.54) is 0 Å². The van der Waals surface area contributed by atoms with Crippen molar-refractivity contribution in [2.45, 2.75) is 62.9 Å². The number of hydrogen-bond acceptors (Lipinski definition) is 6. The van der Waals surface area contributed by atoms with E-state index in [0.717, 1.165) is 31.0 Å². The number of hydrogen-bond donors (Lipinski definition) is 2. The van der Waals surface area contributed by atoms with E-state index in [9.17, 15) is 10.2 Å². The van der Waals surface area contributed by atoms with Crippen LogP contribution in [0.1, 0.15) is 33.1 Å². The number of unbranched alkanes of at least 4 members (excludes halogenated alkanes) is 1. The van der Waals surface area contributed by atoms with Gasteiger partial charge in [0.05, 0.1) is 6.10 Å². The predicted molar refractivity (Wildman–Crippen MR) is 77.3 cm³/mol. The molecule has 2 aliphatic heterocycles. The number of aliphatic hydroxyl groups excluding tert-OH is 2. The minimum Gasteiger partial charge on any atom is -0.388 e. The molecule has 5 nitrogen and oxygen atoms in total. The Morgan fingerprint density at radius 1 is 1.32 bits per heavy atom. The molecule has 0 unspecified atom stereocenters. The summed E-state index contributed by atoms with van der Waals surface area (Å²) < 4.78 is 5.93. The molecule has 0 aromatic rings. The molecular formula is C13H24N2O3S. The minimum atomic E-state index is -0.830. The Bertz CT molecular complexity index is 340. The molecule has 6 heteroatoms. The lowest BCUT2D eigenvalue weighted by molar-refractivity contribution is -0.154. The molecule has 2 N–H and O–H groups in total. The molecule has 19 heavy (non-hydrogen) atoms. The average molecular weight is 288 g/mol. The maximum atomic E-state index is 10.2. The van der Waals surface area contributed by atoms with Gasteiger partial charge in [0.1, 0.15) is 23.7 Å². The molecule has 0 spiro atoms. The van der Waals surface area contributed by atoms with Crippen LogP contribution in [0, 0.1) is 0 Å². The lowest BCUT2D eigenvalue weighted by Crippen LogP contribution is -2.54. The van der Waals surface area contributed by atoms with E-state index in [1.807, 2.05) is 11.9 Å². The first-order valence-corrected chi connectivity index (χ1v) is 7.93. The third-order valence-corrected chi connectivity index (χ3v) is 5.04. The molecule has 110 valence electrons. The van der Waals surface area contributed by atoms with Crippen molar-refractivity contribution in [3.8, 4) is 0 Å². The van der Waals surface area contributed by atoms with Gasteiger partial charge in [-0.15, -0.1) is 0 Å². The summed E-state index contributed by atoms with van der Waals surface area (Å²) in [5.41, 5.74) is -0.163. The minimum absolute atomic E-state index is 0.163. The van der Waals surface area contributed by atoms with Crippen molar-refractivity contribution in [3.05, 3.63) is 0 Å². The van der Waals surface area contributed by atoms with Crippen LogP contribution < -0.4 is 0 Å². The number of aliphatic imine (C=N–C) groups is 1. The summed E-state index contributed by atoms with van der Waals surface area (Å²) in [5, 5.41) is 21.2. The van der Waals surface area contributed by atoms with Gasteiger partial charge in [0.15, 0.2) is 5.17 Å². The van der Waals surface area contributed by atoms with Crippen molar-refractivity contribution in [1.29, 1.82) is 0 Å². The Labute approximate surface area is 119 Å². The number of nitrogens with zero attached hydrogens (tertiary/aromatic N) is 2. The van der Waals surface area contributed by atoms with Crippen molar-refractivity contribution in [2.75, 3.05) is 13.6 Å². The summed E-state index contributed by atoms with van der Waals surface area (Å²) in [4.78, 5) is 6.53. The van der Waals surface area contributed by atoms with Gasteiger partial charge >= 0.3 is 0 Å². The van der Waals surface area contributed by atoms with Crippen molar-refractivity contribution in [1.82, 2.24) is 4.90 Å². The van der Waals surface area contributed by atoms with Crippen molar-refractivity contribution in [3.63, 3.8) is 0 Å². The third kappa shape index (κ3) is 3.07. The lowest BCUT2D eigenvalue weighted by atomic mass is 9.95. The number of thioether (sulfide) groups is 1. The lowest BCUT2D eigenvalue weighted by Gasteiger charge is -2.38. The summed E-state index contributed by atoms with van der Waals surface area (Å²) in [7, 11) is 1.97. The Kier molecular flexibility index (Phi) is 5.11. The summed E-state index contributed by atoms with van der Waals surface area (Å²) in [6.07, 6.45) is 0.922. The van der Waals surface area contributed by atoms with E-state index in [4.69, 9.17) is 4.74 Å². The Morgan fingerprint density at radius 3 is 2.68 bits per heavy atom. The van der Waals surface area contributed by atoms with Crippen LogP contribution >= 0.6 is 11.8 Å². The molecule has 0 saturated carbocycles. The fourth-order valence-corrected chi connectivity index (χ4v) is 3.64. The zero-order chi connectivity index (χ0) is 14.0. The molecule has 0 aliphatic carbocycles. The molecule has 1 saturated heterocycles. The van der Waals surface area contributed by atoms with Gasteiger partial charge in [0, 0.05) is 13.6 Å². The molecule has 0 aromatic carbocycles. The molecule has 0 bridgehead atoms. The van der Waals surface area contributed by atoms with Crippen molar-refractivity contribution >= 4 is 16.9 Å². The van der Waals surface area contributed by atoms with Crippen LogP contribution in [0.4, 0.5) is 0 Å². The molecule has 1 fully saturated rings. The Morgan fingerprint density at radius 2 is 2.05 bits per heavy atom. The summed E-state index contributed by atoms with van der Waals surface area (Å²) in [5.74, 6) is 0. The highest BCUT2D eigenvalue weighted by atomic mass is 32.2. The average Bonchev–Trinajstić information content (AvgIpc) is 2.84. The van der Waals surface area contributed by atoms with Crippen LogP contribution in [0.25, 0.3) is 0 Å². The topological polar surface area (TPSA) is 65.3 Å². The van der Waals surface area contributed by atoms with Gasteiger partial charge in [-0.05, 0) is 13.3 Å². The van der Waals surface area contributed by atoms with E-state index in [1.54, 1.807) is 11.8 Å². The highest BCUT2D eigenvalue weighted by Crippen LogP contribution is 2.38. The molecule has 0 radical (unpaired) electrons. The Hall–Kier alpha value is -0.300. The van der Waals surface area contributed by atoms with Crippen molar-refractivity contribution in [2.24, 2.45) is 4.99 Å². The van der Waals surface area contributed by atoms with Crippen LogP contribution in [-0.2, 0) is 4.74 Å². The first kappa shape index (κ1) is 15.1. The first-order valence-electron chi connectivity index (χ1n) is 7.05.